The molecule has 402 valence electrons. The van der Waals surface area contributed by atoms with Gasteiger partial charge in [-0.25, -0.2) is 9.98 Å². The number of carbonyl (C=O) groups excluding carboxylic acids is 2. The van der Waals surface area contributed by atoms with Crippen LogP contribution in [-0.4, -0.2) is 47.1 Å². The first-order valence-electron chi connectivity index (χ1n) is 27.4. The number of nitrogens with one attached hydrogen (secondary N) is 3. The number of hydrogen-bond acceptors (Lipinski definition) is 9. The number of para-hydroxylation sites is 2. The predicted molar refractivity (Wildman–Crippen MR) is 335 cm³/mol. The van der Waals surface area contributed by atoms with Gasteiger partial charge in [0.15, 0.2) is 0 Å². The summed E-state index contributed by atoms with van der Waals surface area (Å²) in [6.45, 7) is 13.9. The van der Waals surface area contributed by atoms with Crippen molar-refractivity contribution in [1.82, 2.24) is 15.6 Å². The molecule has 0 fully saturated rings. The zero-order valence-corrected chi connectivity index (χ0v) is 47.5. The summed E-state index contributed by atoms with van der Waals surface area (Å²) in [4.78, 5) is 38.6. The summed E-state index contributed by atoms with van der Waals surface area (Å²) in [6, 6.07) is 48.3. The monoisotopic (exact) mass is 1080 g/mol. The summed E-state index contributed by atoms with van der Waals surface area (Å²) in [5.74, 6) is 1.89. The lowest BCUT2D eigenvalue weighted by Gasteiger charge is -2.17. The van der Waals surface area contributed by atoms with Crippen LogP contribution in [0.15, 0.2) is 190 Å². The van der Waals surface area contributed by atoms with Crippen LogP contribution < -0.4 is 32.0 Å². The van der Waals surface area contributed by atoms with Gasteiger partial charge in [-0.3, -0.25) is 9.59 Å². The average molecular weight is 1080 g/mol. The third kappa shape index (κ3) is 14.4. The van der Waals surface area contributed by atoms with E-state index in [0.717, 1.165) is 147 Å². The number of nitrogens with zero attached hydrogens (tertiary/aromatic N) is 3. The zero-order valence-electron chi connectivity index (χ0n) is 45.8. The van der Waals surface area contributed by atoms with Crippen molar-refractivity contribution in [2.24, 2.45) is 4.99 Å². The molecule has 1 aliphatic carbocycles. The number of anilines is 4. The van der Waals surface area contributed by atoms with E-state index < -0.39 is 0 Å². The van der Waals surface area contributed by atoms with E-state index >= 15 is 0 Å². The van der Waals surface area contributed by atoms with E-state index in [1.165, 1.54) is 20.9 Å². The Balaban J connectivity index is 0.645. The molecule has 2 amide bonds. The number of carbonyl (C=O) groups is 2. The van der Waals surface area contributed by atoms with Gasteiger partial charge in [0.25, 0.3) is 11.8 Å². The number of nitrogen functional groups attached to an aromatic ring is 2. The second-order valence-corrected chi connectivity index (χ2v) is 22.6. The standard InChI is InChI=1S/C67H70N8O2S2/c1-44-36-58(59(41-55(44)68)72-53-20-12-10-13-21-53)73-57-38-47(4)64(40-46(57)3)78-34-18-8-6-16-32-70-66(76)51-28-24-49(25-29-51)50-26-30-52(31-27-50)67(77)71-33-17-7-9-19-35-79-65-43-63-61(39-48(65)5)74-60-37-45(2)56(69)42-62(60)75(63)54-22-14-11-15-23-54/h10-15,20-31,36-43,69,72H,3,6-9,16-19,32-35,68H2,1-2,4-5H3,(H2,70,71,76,77)/p+1/b73-57-. The summed E-state index contributed by atoms with van der Waals surface area (Å²) in [5.41, 5.74) is 31.2. The fourth-order valence-corrected chi connectivity index (χ4v) is 11.7. The van der Waals surface area contributed by atoms with Crippen molar-refractivity contribution in [3.05, 3.63) is 208 Å². The minimum absolute atomic E-state index is 0.0672. The molecular weight excluding hydrogens is 1010 g/mol. The number of amides is 2. The number of allylic oxidation sites excluding steroid dienone is 4. The normalized spacial score (nSPS) is 12.9. The van der Waals surface area contributed by atoms with Gasteiger partial charge in [-0.05, 0) is 177 Å². The van der Waals surface area contributed by atoms with Crippen molar-refractivity contribution in [1.29, 1.82) is 0 Å². The fourth-order valence-electron chi connectivity index (χ4n) is 9.61. The first-order chi connectivity index (χ1) is 38.4. The molecule has 7 aromatic carbocycles. The van der Waals surface area contributed by atoms with Crippen LogP contribution in [0, 0.1) is 20.8 Å². The highest BCUT2D eigenvalue weighted by molar-refractivity contribution is 8.03. The molecule has 1 aliphatic rings. The number of rotatable bonds is 23. The van der Waals surface area contributed by atoms with Gasteiger partial charge in [0, 0.05) is 75.3 Å². The topological polar surface area (TPSA) is 151 Å². The van der Waals surface area contributed by atoms with Crippen molar-refractivity contribution >= 4 is 91.6 Å². The number of hydrogen-bond donors (Lipinski definition) is 5. The Morgan fingerprint density at radius 1 is 0.582 bits per heavy atom. The maximum atomic E-state index is 13.0. The Morgan fingerprint density at radius 2 is 1.11 bits per heavy atom. The van der Waals surface area contributed by atoms with E-state index in [2.05, 4.69) is 95.6 Å². The smallest absolute Gasteiger partial charge is 0.251 e. The largest absolute Gasteiger partial charge is 0.398 e. The molecule has 0 unspecified atom stereocenters. The maximum absolute atomic E-state index is 13.0. The quantitative estimate of drug-likeness (QED) is 0.0140. The molecule has 0 saturated heterocycles. The summed E-state index contributed by atoms with van der Waals surface area (Å²) in [6.07, 6.45) is 12.6. The van der Waals surface area contributed by atoms with Crippen LogP contribution in [0.4, 0.5) is 28.4 Å². The fraction of sp³-hybridized carbons (Fsp3) is 0.239. The van der Waals surface area contributed by atoms with Gasteiger partial charge in [0.2, 0.25) is 16.7 Å². The first-order valence-corrected chi connectivity index (χ1v) is 29.4. The van der Waals surface area contributed by atoms with Crippen molar-refractivity contribution in [2.45, 2.75) is 84.0 Å². The van der Waals surface area contributed by atoms with Crippen molar-refractivity contribution in [3.63, 3.8) is 0 Å². The highest BCUT2D eigenvalue weighted by Gasteiger charge is 2.22. The van der Waals surface area contributed by atoms with E-state index in [9.17, 15) is 9.59 Å². The molecular formula is C67H71N8O2S2+. The van der Waals surface area contributed by atoms with Crippen LogP contribution in [-0.2, 0) is 0 Å². The van der Waals surface area contributed by atoms with Gasteiger partial charge >= 0.3 is 0 Å². The number of unbranched alkanes of at least 4 members (excludes halogenated alkanes) is 6. The zero-order chi connectivity index (χ0) is 55.3. The van der Waals surface area contributed by atoms with Crippen LogP contribution in [0.25, 0.3) is 38.9 Å². The Hall–Kier alpha value is -7.93. The molecule has 0 atom stereocenters. The van der Waals surface area contributed by atoms with E-state index in [-0.39, 0.29) is 11.8 Å². The molecule has 10 nitrogen and oxygen atoms in total. The molecule has 1 aromatic heterocycles. The lowest BCUT2D eigenvalue weighted by molar-refractivity contribution is -0.538. The van der Waals surface area contributed by atoms with E-state index in [0.29, 0.717) is 29.9 Å². The van der Waals surface area contributed by atoms with E-state index in [1.807, 2.05) is 140 Å². The predicted octanol–water partition coefficient (Wildman–Crippen LogP) is 15.4. The lowest BCUT2D eigenvalue weighted by atomic mass is 10.0. The lowest BCUT2D eigenvalue weighted by Crippen LogP contribution is -2.33. The average Bonchev–Trinajstić information content (AvgIpc) is 3.46. The molecule has 12 heteroatoms. The molecule has 9 rings (SSSR count). The van der Waals surface area contributed by atoms with Crippen LogP contribution in [0.5, 0.6) is 0 Å². The highest BCUT2D eigenvalue weighted by atomic mass is 32.2. The second-order valence-electron chi connectivity index (χ2n) is 20.4. The molecule has 79 heavy (non-hydrogen) atoms. The highest BCUT2D eigenvalue weighted by Crippen LogP contribution is 2.36. The molecule has 7 N–H and O–H groups in total. The molecule has 0 radical (unpaired) electrons. The number of nitrogens with two attached hydrogens (primary N) is 2. The van der Waals surface area contributed by atoms with E-state index in [1.54, 1.807) is 0 Å². The Morgan fingerprint density at radius 3 is 1.73 bits per heavy atom. The number of aliphatic imine (C=N–C) groups is 1. The number of benzene rings is 7. The first kappa shape index (κ1) is 55.8. The maximum Gasteiger partial charge on any atom is 0.251 e. The Kier molecular flexibility index (Phi) is 18.8. The van der Waals surface area contributed by atoms with Crippen molar-refractivity contribution in [3.8, 4) is 16.8 Å². The van der Waals surface area contributed by atoms with E-state index in [4.69, 9.17) is 21.4 Å². The van der Waals surface area contributed by atoms with Gasteiger partial charge in [-0.2, -0.15) is 0 Å². The van der Waals surface area contributed by atoms with Crippen LogP contribution in [0.3, 0.4) is 0 Å². The molecule has 8 aromatic rings. The molecule has 0 aliphatic heterocycles. The summed E-state index contributed by atoms with van der Waals surface area (Å²) < 4.78 is 2.28. The number of aryl methyl sites for hydroxylation is 3. The van der Waals surface area contributed by atoms with Crippen LogP contribution >= 0.6 is 23.5 Å². The molecule has 0 saturated carbocycles. The second kappa shape index (κ2) is 26.6. The number of thioether (sulfide) groups is 2. The minimum Gasteiger partial charge on any atom is -0.398 e. The SMILES string of the molecule is C=C1C=C(SCCCCCCNC(=O)c2ccc(-c3ccc(C(=O)NCCCCCCSc4cc5c(cc4C)nc4cc(C)c(N)cc4[n+]5-c4ccccc4)cc3)cc2)C(C)=C/C1=N/c1cc(C)c(N)cc1Nc1ccccc1. The minimum atomic E-state index is -0.0696. The summed E-state index contributed by atoms with van der Waals surface area (Å²) in [5, 5.41) is 9.66. The van der Waals surface area contributed by atoms with Gasteiger partial charge in [-0.1, -0.05) is 92.9 Å². The van der Waals surface area contributed by atoms with Gasteiger partial charge in [0.05, 0.1) is 17.1 Å². The van der Waals surface area contributed by atoms with Crippen LogP contribution in [0.1, 0.15) is 95.7 Å². The van der Waals surface area contributed by atoms with Crippen molar-refractivity contribution in [2.75, 3.05) is 41.4 Å². The Bertz CT molecular complexity index is 3590. The molecule has 0 bridgehead atoms. The summed E-state index contributed by atoms with van der Waals surface area (Å²) in [7, 11) is 0. The third-order valence-electron chi connectivity index (χ3n) is 14.3. The molecule has 1 heterocycles. The third-order valence-corrected chi connectivity index (χ3v) is 16.8. The van der Waals surface area contributed by atoms with Gasteiger partial charge < -0.3 is 27.4 Å². The van der Waals surface area contributed by atoms with Gasteiger partial charge in [-0.15, -0.1) is 28.1 Å². The summed E-state index contributed by atoms with van der Waals surface area (Å²) >= 11 is 3.75. The van der Waals surface area contributed by atoms with Crippen molar-refractivity contribution < 1.29 is 14.2 Å². The number of fused-ring (bicyclic) bond motifs is 2. The Labute approximate surface area is 474 Å². The van der Waals surface area contributed by atoms with Crippen LogP contribution in [0.2, 0.25) is 0 Å². The number of aromatic nitrogens is 2. The van der Waals surface area contributed by atoms with Gasteiger partial charge in [0.1, 0.15) is 11.0 Å². The molecule has 0 spiro atoms.